The maximum atomic E-state index is 12.7. The molecule has 1 rings (SSSR count). The minimum absolute atomic E-state index is 0.00750. The minimum Gasteiger partial charge on any atom is -0.496 e. The van der Waals surface area contributed by atoms with E-state index in [1.807, 2.05) is 0 Å². The van der Waals surface area contributed by atoms with Crippen LogP contribution >= 0.6 is 0 Å². The number of hydrogen-bond acceptors (Lipinski definition) is 6. The lowest BCUT2D eigenvalue weighted by Gasteiger charge is -2.21. The van der Waals surface area contributed by atoms with Crippen LogP contribution in [0.5, 0.6) is 17.2 Å². The van der Waals surface area contributed by atoms with Gasteiger partial charge in [-0.25, -0.2) is 8.42 Å². The molecular formula is C13H22N2O5S. The van der Waals surface area contributed by atoms with Crippen molar-refractivity contribution in [2.75, 3.05) is 48.5 Å². The SMILES string of the molecule is CNCCN(C)S(=O)(=O)c1c(OC)cc(OC)cc1OC. The molecule has 0 fully saturated rings. The molecule has 0 saturated carbocycles. The summed E-state index contributed by atoms with van der Waals surface area (Å²) in [5, 5.41) is 2.91. The smallest absolute Gasteiger partial charge is 0.250 e. The van der Waals surface area contributed by atoms with E-state index in [1.165, 1.54) is 44.8 Å². The van der Waals surface area contributed by atoms with Crippen LogP contribution in [0.4, 0.5) is 0 Å². The Kier molecular flexibility index (Phi) is 6.25. The third-order valence-electron chi connectivity index (χ3n) is 3.01. The van der Waals surface area contributed by atoms with Gasteiger partial charge in [0.25, 0.3) is 0 Å². The summed E-state index contributed by atoms with van der Waals surface area (Å²) >= 11 is 0. The Balaban J connectivity index is 3.39. The van der Waals surface area contributed by atoms with Gasteiger partial charge in [-0.15, -0.1) is 0 Å². The Morgan fingerprint density at radius 2 is 1.62 bits per heavy atom. The Morgan fingerprint density at radius 1 is 1.10 bits per heavy atom. The number of nitrogens with one attached hydrogen (secondary N) is 1. The van der Waals surface area contributed by atoms with Crippen LogP contribution < -0.4 is 19.5 Å². The summed E-state index contributed by atoms with van der Waals surface area (Å²) in [5.41, 5.74) is 0. The molecule has 0 saturated heterocycles. The Bertz CT molecular complexity index is 549. The van der Waals surface area contributed by atoms with Crippen molar-refractivity contribution in [3.63, 3.8) is 0 Å². The van der Waals surface area contributed by atoms with Crippen molar-refractivity contribution in [3.8, 4) is 17.2 Å². The lowest BCUT2D eigenvalue weighted by molar-refractivity contribution is 0.355. The van der Waals surface area contributed by atoms with E-state index in [-0.39, 0.29) is 16.4 Å². The van der Waals surface area contributed by atoms with Crippen LogP contribution in [0.1, 0.15) is 0 Å². The highest BCUT2D eigenvalue weighted by Gasteiger charge is 2.29. The van der Waals surface area contributed by atoms with Crippen molar-refractivity contribution in [1.29, 1.82) is 0 Å². The molecule has 0 aliphatic carbocycles. The lowest BCUT2D eigenvalue weighted by atomic mass is 10.3. The fourth-order valence-corrected chi connectivity index (χ4v) is 3.21. The third-order valence-corrected chi connectivity index (χ3v) is 4.94. The van der Waals surface area contributed by atoms with Crippen LogP contribution in [0.3, 0.4) is 0 Å². The monoisotopic (exact) mass is 318 g/mol. The van der Waals surface area contributed by atoms with Crippen molar-refractivity contribution in [1.82, 2.24) is 9.62 Å². The maximum Gasteiger partial charge on any atom is 0.250 e. The number of benzene rings is 1. The first-order valence-corrected chi connectivity index (χ1v) is 7.77. The van der Waals surface area contributed by atoms with Gasteiger partial charge < -0.3 is 19.5 Å². The molecule has 21 heavy (non-hydrogen) atoms. The van der Waals surface area contributed by atoms with Gasteiger partial charge in [0.15, 0.2) is 4.90 Å². The van der Waals surface area contributed by atoms with Crippen molar-refractivity contribution in [3.05, 3.63) is 12.1 Å². The Hall–Kier alpha value is -1.51. The maximum absolute atomic E-state index is 12.7. The Morgan fingerprint density at radius 3 is 2.00 bits per heavy atom. The first kappa shape index (κ1) is 17.5. The van der Waals surface area contributed by atoms with Crippen LogP contribution in [-0.4, -0.2) is 61.2 Å². The number of methoxy groups -OCH3 is 3. The van der Waals surface area contributed by atoms with E-state index in [0.717, 1.165) is 0 Å². The van der Waals surface area contributed by atoms with Crippen LogP contribution in [-0.2, 0) is 10.0 Å². The molecule has 0 heterocycles. The highest BCUT2D eigenvalue weighted by atomic mass is 32.2. The van der Waals surface area contributed by atoms with Gasteiger partial charge in [-0.3, -0.25) is 0 Å². The van der Waals surface area contributed by atoms with Crippen LogP contribution in [0.15, 0.2) is 17.0 Å². The van der Waals surface area contributed by atoms with Crippen molar-refractivity contribution < 1.29 is 22.6 Å². The van der Waals surface area contributed by atoms with Gasteiger partial charge in [0, 0.05) is 32.3 Å². The van der Waals surface area contributed by atoms with E-state index < -0.39 is 10.0 Å². The zero-order valence-electron chi connectivity index (χ0n) is 13.0. The number of sulfonamides is 1. The molecular weight excluding hydrogens is 296 g/mol. The molecule has 0 atom stereocenters. The summed E-state index contributed by atoms with van der Waals surface area (Å²) in [7, 11) is 3.83. The van der Waals surface area contributed by atoms with Gasteiger partial charge in [0.2, 0.25) is 10.0 Å². The van der Waals surface area contributed by atoms with E-state index in [2.05, 4.69) is 5.32 Å². The molecule has 0 radical (unpaired) electrons. The molecule has 120 valence electrons. The van der Waals surface area contributed by atoms with Crippen LogP contribution in [0.2, 0.25) is 0 Å². The average molecular weight is 318 g/mol. The summed E-state index contributed by atoms with van der Waals surface area (Å²) < 4.78 is 42.1. The van der Waals surface area contributed by atoms with E-state index >= 15 is 0 Å². The lowest BCUT2D eigenvalue weighted by Crippen LogP contribution is -2.33. The average Bonchev–Trinajstić information content (AvgIpc) is 2.50. The summed E-state index contributed by atoms with van der Waals surface area (Å²) in [5.74, 6) is 0.825. The van der Waals surface area contributed by atoms with Gasteiger partial charge in [-0.05, 0) is 7.05 Å². The molecule has 0 aliphatic rings. The molecule has 0 amide bonds. The highest BCUT2D eigenvalue weighted by Crippen LogP contribution is 2.38. The normalized spacial score (nSPS) is 11.5. The summed E-state index contributed by atoms with van der Waals surface area (Å²) in [4.78, 5) is -0.00750. The predicted molar refractivity (Wildman–Crippen MR) is 79.8 cm³/mol. The molecule has 0 unspecified atom stereocenters. The molecule has 1 aromatic carbocycles. The first-order chi connectivity index (χ1) is 9.92. The Labute approximate surface area is 125 Å². The quantitative estimate of drug-likeness (QED) is 0.754. The third kappa shape index (κ3) is 3.78. The standard InChI is InChI=1S/C13H22N2O5S/c1-14-6-7-15(2)21(16,17)13-11(19-4)8-10(18-3)9-12(13)20-5/h8-9,14H,6-7H2,1-5H3. The number of hydrogen-bond donors (Lipinski definition) is 1. The van der Waals surface area contributed by atoms with Gasteiger partial charge in [-0.1, -0.05) is 0 Å². The van der Waals surface area contributed by atoms with Crippen LogP contribution in [0.25, 0.3) is 0 Å². The largest absolute Gasteiger partial charge is 0.496 e. The number of ether oxygens (including phenoxy) is 3. The highest BCUT2D eigenvalue weighted by molar-refractivity contribution is 7.89. The number of nitrogens with zero attached hydrogens (tertiary/aromatic N) is 1. The van der Waals surface area contributed by atoms with Crippen molar-refractivity contribution in [2.24, 2.45) is 0 Å². The first-order valence-electron chi connectivity index (χ1n) is 6.33. The summed E-state index contributed by atoms with van der Waals surface area (Å²) in [6.45, 7) is 0.869. The minimum atomic E-state index is -3.73. The van der Waals surface area contributed by atoms with Crippen LogP contribution in [0, 0.1) is 0 Å². The van der Waals surface area contributed by atoms with Crippen molar-refractivity contribution >= 4 is 10.0 Å². The molecule has 0 aromatic heterocycles. The van der Waals surface area contributed by atoms with Gasteiger partial charge in [-0.2, -0.15) is 4.31 Å². The molecule has 1 aromatic rings. The van der Waals surface area contributed by atoms with Crippen molar-refractivity contribution in [2.45, 2.75) is 4.90 Å². The van der Waals surface area contributed by atoms with E-state index in [4.69, 9.17) is 14.2 Å². The summed E-state index contributed by atoms with van der Waals surface area (Å²) in [6.07, 6.45) is 0. The number of likely N-dealkylation sites (N-methyl/N-ethyl adjacent to an activating group) is 2. The van der Waals surface area contributed by atoms with Gasteiger partial charge in [0.05, 0.1) is 21.3 Å². The van der Waals surface area contributed by atoms with Gasteiger partial charge in [0.1, 0.15) is 17.2 Å². The zero-order chi connectivity index (χ0) is 16.0. The molecule has 0 spiro atoms. The molecule has 8 heteroatoms. The second-order valence-corrected chi connectivity index (χ2v) is 6.27. The van der Waals surface area contributed by atoms with E-state index in [1.54, 1.807) is 7.05 Å². The van der Waals surface area contributed by atoms with Gasteiger partial charge >= 0.3 is 0 Å². The fourth-order valence-electron chi connectivity index (χ4n) is 1.77. The molecule has 0 bridgehead atoms. The molecule has 7 nitrogen and oxygen atoms in total. The predicted octanol–water partition coefficient (Wildman–Crippen LogP) is 0.552. The second-order valence-electron chi connectivity index (χ2n) is 4.29. The zero-order valence-corrected chi connectivity index (χ0v) is 13.8. The van der Waals surface area contributed by atoms with E-state index in [9.17, 15) is 8.42 Å². The summed E-state index contributed by atoms with van der Waals surface area (Å²) in [6, 6.07) is 3.03. The molecule has 0 aliphatic heterocycles. The fraction of sp³-hybridized carbons (Fsp3) is 0.538. The van der Waals surface area contributed by atoms with E-state index in [0.29, 0.717) is 18.8 Å². The second kappa shape index (κ2) is 7.48. The molecule has 1 N–H and O–H groups in total. The topological polar surface area (TPSA) is 77.1 Å². The number of rotatable bonds is 8.